The molecule has 0 fully saturated rings. The lowest BCUT2D eigenvalue weighted by Gasteiger charge is -2.16. The van der Waals surface area contributed by atoms with Crippen molar-refractivity contribution in [3.63, 3.8) is 0 Å². The lowest BCUT2D eigenvalue weighted by molar-refractivity contribution is -0.132. The first kappa shape index (κ1) is 9.84. The van der Waals surface area contributed by atoms with Crippen molar-refractivity contribution >= 4 is 5.97 Å². The van der Waals surface area contributed by atoms with Crippen LogP contribution in [-0.2, 0) is 9.53 Å². The van der Waals surface area contributed by atoms with Crippen LogP contribution in [0.5, 0.6) is 0 Å². The SMILES string of the molecule is CC/C(=C\C1CCC=CO1)C(=O)O. The predicted octanol–water partition coefficient (Wildman–Crippen LogP) is 2.10. The third-order valence-electron chi connectivity index (χ3n) is 2.01. The summed E-state index contributed by atoms with van der Waals surface area (Å²) in [5.41, 5.74) is 0.431. The van der Waals surface area contributed by atoms with Crippen LogP contribution in [0.15, 0.2) is 24.0 Å². The van der Waals surface area contributed by atoms with Crippen molar-refractivity contribution in [1.82, 2.24) is 0 Å². The van der Waals surface area contributed by atoms with Crippen LogP contribution in [0.4, 0.5) is 0 Å². The zero-order valence-electron chi connectivity index (χ0n) is 7.69. The van der Waals surface area contributed by atoms with Crippen LogP contribution in [0, 0.1) is 0 Å². The summed E-state index contributed by atoms with van der Waals surface area (Å²) in [6.07, 6.45) is 7.59. The fraction of sp³-hybridized carbons (Fsp3) is 0.500. The Morgan fingerprint density at radius 2 is 2.54 bits per heavy atom. The molecule has 0 aromatic carbocycles. The summed E-state index contributed by atoms with van der Waals surface area (Å²) in [5.74, 6) is -0.847. The van der Waals surface area contributed by atoms with Crippen molar-refractivity contribution in [2.45, 2.75) is 32.3 Å². The topological polar surface area (TPSA) is 46.5 Å². The van der Waals surface area contributed by atoms with E-state index >= 15 is 0 Å². The molecule has 72 valence electrons. The van der Waals surface area contributed by atoms with E-state index in [2.05, 4.69) is 0 Å². The number of carboxylic acid groups (broad SMARTS) is 1. The van der Waals surface area contributed by atoms with Gasteiger partial charge < -0.3 is 9.84 Å². The highest BCUT2D eigenvalue weighted by atomic mass is 16.5. The van der Waals surface area contributed by atoms with Gasteiger partial charge in [-0.2, -0.15) is 0 Å². The van der Waals surface area contributed by atoms with Crippen LogP contribution in [0.1, 0.15) is 26.2 Å². The van der Waals surface area contributed by atoms with Gasteiger partial charge in [-0.15, -0.1) is 0 Å². The van der Waals surface area contributed by atoms with Gasteiger partial charge in [-0.25, -0.2) is 4.79 Å². The molecule has 3 nitrogen and oxygen atoms in total. The van der Waals surface area contributed by atoms with Gasteiger partial charge in [0.2, 0.25) is 0 Å². The average molecular weight is 182 g/mol. The molecule has 0 aliphatic carbocycles. The minimum atomic E-state index is -0.847. The van der Waals surface area contributed by atoms with Crippen molar-refractivity contribution in [2.75, 3.05) is 0 Å². The van der Waals surface area contributed by atoms with Gasteiger partial charge in [-0.1, -0.05) is 6.92 Å². The third-order valence-corrected chi connectivity index (χ3v) is 2.01. The number of carboxylic acids is 1. The number of hydrogen-bond donors (Lipinski definition) is 1. The lowest BCUT2D eigenvalue weighted by Crippen LogP contribution is -2.12. The number of carbonyl (C=O) groups is 1. The maximum Gasteiger partial charge on any atom is 0.331 e. The summed E-state index contributed by atoms with van der Waals surface area (Å²) in [4.78, 5) is 10.7. The molecule has 0 amide bonds. The van der Waals surface area contributed by atoms with Crippen molar-refractivity contribution < 1.29 is 14.6 Å². The Balaban J connectivity index is 2.61. The van der Waals surface area contributed by atoms with E-state index in [1.54, 1.807) is 12.3 Å². The first-order valence-corrected chi connectivity index (χ1v) is 4.48. The van der Waals surface area contributed by atoms with E-state index in [-0.39, 0.29) is 6.10 Å². The summed E-state index contributed by atoms with van der Waals surface area (Å²) < 4.78 is 5.24. The Kier molecular flexibility index (Phi) is 3.55. The standard InChI is InChI=1S/C10H14O3/c1-2-8(10(11)12)7-9-5-3-4-6-13-9/h4,6-7,9H,2-3,5H2,1H3,(H,11,12)/b8-7+. The quantitative estimate of drug-likeness (QED) is 0.680. The van der Waals surface area contributed by atoms with Crippen LogP contribution in [-0.4, -0.2) is 17.2 Å². The maximum absolute atomic E-state index is 10.7. The molecule has 0 radical (unpaired) electrons. The van der Waals surface area contributed by atoms with E-state index in [9.17, 15) is 4.79 Å². The second-order valence-electron chi connectivity index (χ2n) is 2.97. The van der Waals surface area contributed by atoms with Crippen LogP contribution >= 0.6 is 0 Å². The molecule has 3 heteroatoms. The molecular weight excluding hydrogens is 168 g/mol. The summed E-state index contributed by atoms with van der Waals surface area (Å²) >= 11 is 0. The van der Waals surface area contributed by atoms with Crippen molar-refractivity contribution in [1.29, 1.82) is 0 Å². The van der Waals surface area contributed by atoms with Gasteiger partial charge in [0.1, 0.15) is 6.10 Å². The molecule has 1 N–H and O–H groups in total. The molecular formula is C10H14O3. The van der Waals surface area contributed by atoms with Gasteiger partial charge >= 0.3 is 5.97 Å². The molecule has 0 spiro atoms. The van der Waals surface area contributed by atoms with Gasteiger partial charge in [0.25, 0.3) is 0 Å². The van der Waals surface area contributed by atoms with Gasteiger partial charge in [0.15, 0.2) is 0 Å². The largest absolute Gasteiger partial charge is 0.494 e. The smallest absolute Gasteiger partial charge is 0.331 e. The van der Waals surface area contributed by atoms with Crippen molar-refractivity contribution in [3.8, 4) is 0 Å². The molecule has 0 aromatic rings. The normalized spacial score (nSPS) is 22.5. The van der Waals surface area contributed by atoms with Gasteiger partial charge in [0, 0.05) is 5.57 Å². The molecule has 1 rings (SSSR count). The van der Waals surface area contributed by atoms with Crippen LogP contribution in [0.3, 0.4) is 0 Å². The summed E-state index contributed by atoms with van der Waals surface area (Å²) in [5, 5.41) is 8.76. The van der Waals surface area contributed by atoms with E-state index in [1.807, 2.05) is 13.0 Å². The molecule has 1 atom stereocenters. The fourth-order valence-electron chi connectivity index (χ4n) is 1.24. The summed E-state index contributed by atoms with van der Waals surface area (Å²) in [6.45, 7) is 1.83. The summed E-state index contributed by atoms with van der Waals surface area (Å²) in [7, 11) is 0. The summed E-state index contributed by atoms with van der Waals surface area (Å²) in [6, 6.07) is 0. The van der Waals surface area contributed by atoms with Crippen LogP contribution < -0.4 is 0 Å². The number of ether oxygens (including phenoxy) is 1. The Morgan fingerprint density at radius 3 is 3.00 bits per heavy atom. The van der Waals surface area contributed by atoms with E-state index in [0.29, 0.717) is 12.0 Å². The van der Waals surface area contributed by atoms with Crippen LogP contribution in [0.25, 0.3) is 0 Å². The molecule has 1 unspecified atom stereocenters. The molecule has 0 saturated heterocycles. The molecule has 0 bridgehead atoms. The molecule has 0 aromatic heterocycles. The lowest BCUT2D eigenvalue weighted by atomic mass is 10.1. The highest BCUT2D eigenvalue weighted by molar-refractivity contribution is 5.86. The van der Waals surface area contributed by atoms with Crippen molar-refractivity contribution in [3.05, 3.63) is 24.0 Å². The predicted molar refractivity (Wildman–Crippen MR) is 49.3 cm³/mol. The minimum Gasteiger partial charge on any atom is -0.494 e. The Hall–Kier alpha value is -1.25. The number of allylic oxidation sites excluding steroid dienone is 1. The number of rotatable bonds is 3. The average Bonchev–Trinajstić information content (AvgIpc) is 2.15. The highest BCUT2D eigenvalue weighted by Gasteiger charge is 2.11. The third kappa shape index (κ3) is 2.93. The number of aliphatic carboxylic acids is 1. The van der Waals surface area contributed by atoms with E-state index in [4.69, 9.17) is 9.84 Å². The first-order valence-electron chi connectivity index (χ1n) is 4.48. The monoisotopic (exact) mass is 182 g/mol. The molecule has 1 heterocycles. The van der Waals surface area contributed by atoms with Gasteiger partial charge in [-0.05, 0) is 31.4 Å². The Labute approximate surface area is 77.7 Å². The van der Waals surface area contributed by atoms with Gasteiger partial charge in [0.05, 0.1) is 6.26 Å². The molecule has 13 heavy (non-hydrogen) atoms. The van der Waals surface area contributed by atoms with E-state index < -0.39 is 5.97 Å². The van der Waals surface area contributed by atoms with Gasteiger partial charge in [-0.3, -0.25) is 0 Å². The minimum absolute atomic E-state index is 0.0592. The highest BCUT2D eigenvalue weighted by Crippen LogP contribution is 2.14. The molecule has 0 saturated carbocycles. The maximum atomic E-state index is 10.7. The zero-order valence-corrected chi connectivity index (χ0v) is 7.69. The first-order chi connectivity index (χ1) is 6.24. The van der Waals surface area contributed by atoms with Crippen molar-refractivity contribution in [2.24, 2.45) is 0 Å². The Morgan fingerprint density at radius 1 is 1.77 bits per heavy atom. The fourth-order valence-corrected chi connectivity index (χ4v) is 1.24. The second-order valence-corrected chi connectivity index (χ2v) is 2.97. The second kappa shape index (κ2) is 4.70. The zero-order chi connectivity index (χ0) is 9.68. The van der Waals surface area contributed by atoms with E-state index in [0.717, 1.165) is 12.8 Å². The molecule has 1 aliphatic heterocycles. The molecule has 1 aliphatic rings. The van der Waals surface area contributed by atoms with Crippen LogP contribution in [0.2, 0.25) is 0 Å². The van der Waals surface area contributed by atoms with E-state index in [1.165, 1.54) is 0 Å². The number of hydrogen-bond acceptors (Lipinski definition) is 2. The Bertz CT molecular complexity index is 241.